The Morgan fingerprint density at radius 2 is 2.33 bits per heavy atom. The van der Waals surface area contributed by atoms with Crippen LogP contribution in [0.1, 0.15) is 11.1 Å². The van der Waals surface area contributed by atoms with Crippen molar-refractivity contribution in [3.05, 3.63) is 29.6 Å². The van der Waals surface area contributed by atoms with Crippen LogP contribution in [0.2, 0.25) is 0 Å². The van der Waals surface area contributed by atoms with Gasteiger partial charge >= 0.3 is 0 Å². The molecule has 0 spiro atoms. The van der Waals surface area contributed by atoms with Crippen molar-refractivity contribution in [3.63, 3.8) is 0 Å². The predicted molar refractivity (Wildman–Crippen MR) is 48.5 cm³/mol. The second-order valence-corrected chi connectivity index (χ2v) is 2.54. The number of rotatable bonds is 2. The molecule has 12 heavy (non-hydrogen) atoms. The number of aromatic nitrogens is 1. The van der Waals surface area contributed by atoms with Gasteiger partial charge in [-0.15, -0.1) is 0 Å². The van der Waals surface area contributed by atoms with Gasteiger partial charge in [0.2, 0.25) is 0 Å². The molecule has 4 nitrogen and oxygen atoms in total. The lowest BCUT2D eigenvalue weighted by molar-refractivity contribution is 1.02. The SMILES string of the molecule is Cc1cnccc1CN=C(N)N. The molecule has 1 aromatic rings. The van der Waals surface area contributed by atoms with E-state index in [-0.39, 0.29) is 5.96 Å². The zero-order chi connectivity index (χ0) is 8.97. The van der Waals surface area contributed by atoms with Crippen LogP contribution in [-0.2, 0) is 6.54 Å². The third kappa shape index (κ3) is 2.23. The van der Waals surface area contributed by atoms with E-state index >= 15 is 0 Å². The molecule has 0 saturated carbocycles. The topological polar surface area (TPSA) is 77.3 Å². The fraction of sp³-hybridized carbons (Fsp3) is 0.250. The molecule has 4 N–H and O–H groups in total. The summed E-state index contributed by atoms with van der Waals surface area (Å²) in [6, 6.07) is 1.90. The van der Waals surface area contributed by atoms with Crippen LogP contribution in [0, 0.1) is 6.92 Å². The van der Waals surface area contributed by atoms with Gasteiger partial charge in [-0.25, -0.2) is 4.99 Å². The van der Waals surface area contributed by atoms with Crippen LogP contribution in [0.3, 0.4) is 0 Å². The lowest BCUT2D eigenvalue weighted by Gasteiger charge is -2.00. The number of nitrogens with two attached hydrogens (primary N) is 2. The van der Waals surface area contributed by atoms with E-state index in [1.54, 1.807) is 12.4 Å². The summed E-state index contributed by atoms with van der Waals surface area (Å²) >= 11 is 0. The maximum Gasteiger partial charge on any atom is 0.186 e. The van der Waals surface area contributed by atoms with Gasteiger partial charge in [-0.2, -0.15) is 0 Å². The lowest BCUT2D eigenvalue weighted by Crippen LogP contribution is -2.22. The smallest absolute Gasteiger partial charge is 0.186 e. The van der Waals surface area contributed by atoms with E-state index in [2.05, 4.69) is 9.98 Å². The van der Waals surface area contributed by atoms with Gasteiger partial charge in [0.25, 0.3) is 0 Å². The van der Waals surface area contributed by atoms with Crippen LogP contribution in [0.25, 0.3) is 0 Å². The number of nitrogens with zero attached hydrogens (tertiary/aromatic N) is 2. The van der Waals surface area contributed by atoms with Crippen LogP contribution >= 0.6 is 0 Å². The molecule has 1 heterocycles. The summed E-state index contributed by atoms with van der Waals surface area (Å²) in [6.07, 6.45) is 3.52. The minimum atomic E-state index is 0.117. The van der Waals surface area contributed by atoms with Crippen molar-refractivity contribution in [2.24, 2.45) is 16.5 Å². The molecule has 0 aromatic carbocycles. The van der Waals surface area contributed by atoms with Crippen molar-refractivity contribution in [3.8, 4) is 0 Å². The molecule has 1 rings (SSSR count). The maximum atomic E-state index is 5.20. The van der Waals surface area contributed by atoms with Crippen LogP contribution in [0.4, 0.5) is 0 Å². The highest BCUT2D eigenvalue weighted by atomic mass is 15.0. The van der Waals surface area contributed by atoms with Crippen molar-refractivity contribution in [2.45, 2.75) is 13.5 Å². The average molecular weight is 164 g/mol. The molecule has 0 fully saturated rings. The van der Waals surface area contributed by atoms with E-state index in [1.807, 2.05) is 13.0 Å². The molecule has 0 aliphatic heterocycles. The highest BCUT2D eigenvalue weighted by Gasteiger charge is 1.94. The third-order valence-corrected chi connectivity index (χ3v) is 1.57. The summed E-state index contributed by atoms with van der Waals surface area (Å²) in [7, 11) is 0. The zero-order valence-electron chi connectivity index (χ0n) is 6.99. The van der Waals surface area contributed by atoms with Crippen molar-refractivity contribution in [1.82, 2.24) is 4.98 Å². The fourth-order valence-electron chi connectivity index (χ4n) is 0.856. The summed E-state index contributed by atoms with van der Waals surface area (Å²) in [5, 5.41) is 0. The van der Waals surface area contributed by atoms with E-state index in [0.717, 1.165) is 11.1 Å². The predicted octanol–water partition coefficient (Wildman–Crippen LogP) is 0.163. The summed E-state index contributed by atoms with van der Waals surface area (Å²) < 4.78 is 0. The first-order chi connectivity index (χ1) is 5.70. The highest BCUT2D eigenvalue weighted by molar-refractivity contribution is 5.75. The van der Waals surface area contributed by atoms with Gasteiger partial charge in [-0.1, -0.05) is 0 Å². The number of guanidine groups is 1. The monoisotopic (exact) mass is 164 g/mol. The summed E-state index contributed by atoms with van der Waals surface area (Å²) in [5.74, 6) is 0.117. The molecule has 1 aromatic heterocycles. The molecule has 0 unspecified atom stereocenters. The van der Waals surface area contributed by atoms with Crippen LogP contribution < -0.4 is 11.5 Å². The number of aliphatic imine (C=N–C) groups is 1. The Bertz CT molecular complexity index is 289. The van der Waals surface area contributed by atoms with E-state index < -0.39 is 0 Å². The Kier molecular flexibility index (Phi) is 2.63. The molecule has 0 atom stereocenters. The van der Waals surface area contributed by atoms with Gasteiger partial charge in [-0.05, 0) is 24.1 Å². The summed E-state index contributed by atoms with van der Waals surface area (Å²) in [6.45, 7) is 2.50. The lowest BCUT2D eigenvalue weighted by atomic mass is 10.2. The quantitative estimate of drug-likeness (QED) is 0.483. The largest absolute Gasteiger partial charge is 0.370 e. The molecule has 64 valence electrons. The van der Waals surface area contributed by atoms with Gasteiger partial charge in [0.1, 0.15) is 0 Å². The van der Waals surface area contributed by atoms with Crippen molar-refractivity contribution in [2.75, 3.05) is 0 Å². The molecule has 4 heteroatoms. The number of pyridine rings is 1. The minimum absolute atomic E-state index is 0.117. The van der Waals surface area contributed by atoms with Crippen LogP contribution in [0.15, 0.2) is 23.5 Å². The molecule has 0 amide bonds. The zero-order valence-corrected chi connectivity index (χ0v) is 6.99. The Morgan fingerprint density at radius 3 is 2.92 bits per heavy atom. The number of hydrogen-bond donors (Lipinski definition) is 2. The Hall–Kier alpha value is -1.58. The maximum absolute atomic E-state index is 5.20. The molecule has 0 bridgehead atoms. The first kappa shape index (κ1) is 8.52. The van der Waals surface area contributed by atoms with Crippen molar-refractivity contribution < 1.29 is 0 Å². The first-order valence-corrected chi connectivity index (χ1v) is 3.65. The van der Waals surface area contributed by atoms with Crippen molar-refractivity contribution >= 4 is 5.96 Å². The molecular formula is C8H12N4. The molecule has 0 aliphatic rings. The Morgan fingerprint density at radius 1 is 1.58 bits per heavy atom. The van der Waals surface area contributed by atoms with Gasteiger partial charge in [0.05, 0.1) is 6.54 Å². The fourth-order valence-corrected chi connectivity index (χ4v) is 0.856. The molecule has 0 radical (unpaired) electrons. The molecular weight excluding hydrogens is 152 g/mol. The normalized spacial score (nSPS) is 9.42. The third-order valence-electron chi connectivity index (χ3n) is 1.57. The van der Waals surface area contributed by atoms with Crippen molar-refractivity contribution in [1.29, 1.82) is 0 Å². The van der Waals surface area contributed by atoms with Gasteiger partial charge in [-0.3, -0.25) is 4.98 Å². The van der Waals surface area contributed by atoms with Crippen LogP contribution in [-0.4, -0.2) is 10.9 Å². The minimum Gasteiger partial charge on any atom is -0.370 e. The first-order valence-electron chi connectivity index (χ1n) is 3.65. The van der Waals surface area contributed by atoms with Gasteiger partial charge in [0.15, 0.2) is 5.96 Å². The second kappa shape index (κ2) is 3.71. The van der Waals surface area contributed by atoms with E-state index in [0.29, 0.717) is 6.54 Å². The summed E-state index contributed by atoms with van der Waals surface area (Å²) in [4.78, 5) is 7.86. The van der Waals surface area contributed by atoms with E-state index in [9.17, 15) is 0 Å². The standard InChI is InChI=1S/C8H12N4/c1-6-4-11-3-2-7(6)5-12-8(9)10/h2-4H,5H2,1H3,(H4,9,10,12). The van der Waals surface area contributed by atoms with Crippen LogP contribution in [0.5, 0.6) is 0 Å². The number of aryl methyl sites for hydroxylation is 1. The molecule has 0 saturated heterocycles. The Balaban J connectivity index is 2.76. The average Bonchev–Trinajstić information content (AvgIpc) is 2.03. The van der Waals surface area contributed by atoms with E-state index in [4.69, 9.17) is 11.5 Å². The van der Waals surface area contributed by atoms with Gasteiger partial charge in [0, 0.05) is 12.4 Å². The number of hydrogen-bond acceptors (Lipinski definition) is 2. The van der Waals surface area contributed by atoms with E-state index in [1.165, 1.54) is 0 Å². The molecule has 0 aliphatic carbocycles. The van der Waals surface area contributed by atoms with Gasteiger partial charge < -0.3 is 11.5 Å². The summed E-state index contributed by atoms with van der Waals surface area (Å²) in [5.41, 5.74) is 12.6. The highest BCUT2D eigenvalue weighted by Crippen LogP contribution is 2.05. The Labute approximate surface area is 71.3 Å². The second-order valence-electron chi connectivity index (χ2n) is 2.54.